The van der Waals surface area contributed by atoms with E-state index in [2.05, 4.69) is 0 Å². The number of ether oxygens (including phenoxy) is 1. The van der Waals surface area contributed by atoms with E-state index in [9.17, 15) is 18.0 Å². The van der Waals surface area contributed by atoms with E-state index < -0.39 is 24.9 Å². The van der Waals surface area contributed by atoms with Gasteiger partial charge < -0.3 is 4.74 Å². The Labute approximate surface area is 147 Å². The zero-order valence-corrected chi connectivity index (χ0v) is 14.6. The minimum absolute atomic E-state index is 0.0840. The molecule has 0 N–H and O–H groups in total. The number of carbonyl (C=O) groups is 1. The van der Waals surface area contributed by atoms with Crippen molar-refractivity contribution in [2.75, 3.05) is 6.61 Å². The average molecular weight is 363 g/mol. The predicted octanol–water partition coefficient (Wildman–Crippen LogP) is 4.58. The lowest BCUT2D eigenvalue weighted by Crippen LogP contribution is -2.62. The van der Waals surface area contributed by atoms with Crippen LogP contribution in [0.15, 0.2) is 0 Å². The van der Waals surface area contributed by atoms with Gasteiger partial charge in [-0.1, -0.05) is 32.1 Å². The molecule has 1 amide bonds. The van der Waals surface area contributed by atoms with Gasteiger partial charge in [-0.15, -0.1) is 0 Å². The molecular formula is C18H28F3NO3. The first-order valence-electron chi connectivity index (χ1n) is 9.62. The molecule has 0 spiro atoms. The molecule has 2 aliphatic heterocycles. The van der Waals surface area contributed by atoms with Gasteiger partial charge in [0.15, 0.2) is 6.29 Å². The Balaban J connectivity index is 1.58. The maximum Gasteiger partial charge on any atom is 0.389 e. The summed E-state index contributed by atoms with van der Waals surface area (Å²) >= 11 is 0. The second-order valence-corrected chi connectivity index (χ2v) is 7.63. The molecule has 0 aromatic heterocycles. The minimum Gasteiger partial charge on any atom is -0.350 e. The molecule has 3 rings (SSSR count). The van der Waals surface area contributed by atoms with E-state index in [-0.39, 0.29) is 18.2 Å². The third-order valence-corrected chi connectivity index (χ3v) is 5.70. The summed E-state index contributed by atoms with van der Waals surface area (Å²) in [7, 11) is 0. The maximum atomic E-state index is 12.7. The van der Waals surface area contributed by atoms with Crippen molar-refractivity contribution >= 4 is 5.91 Å². The first-order valence-corrected chi connectivity index (χ1v) is 9.62. The zero-order valence-electron chi connectivity index (χ0n) is 14.6. The molecule has 3 fully saturated rings. The molecule has 3 atom stereocenters. The Morgan fingerprint density at radius 2 is 1.80 bits per heavy atom. The van der Waals surface area contributed by atoms with Crippen molar-refractivity contribution in [1.29, 1.82) is 0 Å². The van der Waals surface area contributed by atoms with Crippen LogP contribution in [0.3, 0.4) is 0 Å². The van der Waals surface area contributed by atoms with E-state index in [1.165, 1.54) is 11.5 Å². The SMILES string of the molecule is O=C1[C@H](CC2CCCCC2)[C@H](CCC(F)(F)F)N1OC1CCCCO1. The molecule has 25 heavy (non-hydrogen) atoms. The Hall–Kier alpha value is -0.820. The summed E-state index contributed by atoms with van der Waals surface area (Å²) in [4.78, 5) is 18.1. The molecule has 144 valence electrons. The third kappa shape index (κ3) is 5.09. The van der Waals surface area contributed by atoms with Crippen molar-refractivity contribution in [3.63, 3.8) is 0 Å². The van der Waals surface area contributed by atoms with Crippen molar-refractivity contribution in [2.45, 2.75) is 89.1 Å². The summed E-state index contributed by atoms with van der Waals surface area (Å²) < 4.78 is 43.5. The normalized spacial score (nSPS) is 31.9. The van der Waals surface area contributed by atoms with Gasteiger partial charge in [0, 0.05) is 19.4 Å². The van der Waals surface area contributed by atoms with Crippen LogP contribution in [0.5, 0.6) is 0 Å². The van der Waals surface area contributed by atoms with E-state index in [1.54, 1.807) is 0 Å². The summed E-state index contributed by atoms with van der Waals surface area (Å²) in [6, 6.07) is -0.471. The summed E-state index contributed by atoms with van der Waals surface area (Å²) in [5.41, 5.74) is 0. The lowest BCUT2D eigenvalue weighted by Gasteiger charge is -2.48. The highest BCUT2D eigenvalue weighted by Crippen LogP contribution is 2.41. The summed E-state index contributed by atoms with van der Waals surface area (Å²) in [5, 5.41) is 1.19. The van der Waals surface area contributed by atoms with Gasteiger partial charge in [0.1, 0.15) is 0 Å². The van der Waals surface area contributed by atoms with Crippen LogP contribution in [-0.2, 0) is 14.4 Å². The van der Waals surface area contributed by atoms with Crippen LogP contribution in [0.2, 0.25) is 0 Å². The molecular weight excluding hydrogens is 335 g/mol. The Morgan fingerprint density at radius 3 is 2.44 bits per heavy atom. The molecule has 1 saturated carbocycles. The third-order valence-electron chi connectivity index (χ3n) is 5.70. The number of amides is 1. The topological polar surface area (TPSA) is 38.8 Å². The van der Waals surface area contributed by atoms with Gasteiger partial charge in [0.2, 0.25) is 0 Å². The van der Waals surface area contributed by atoms with Crippen LogP contribution < -0.4 is 0 Å². The standard InChI is InChI=1S/C18H28F3NO3/c19-18(20,21)10-9-15-14(12-13-6-2-1-3-7-13)17(23)22(15)25-16-8-4-5-11-24-16/h13-16H,1-12H2/t14-,15+,16?/m1/s1. The Morgan fingerprint density at radius 1 is 1.08 bits per heavy atom. The maximum absolute atomic E-state index is 12.7. The van der Waals surface area contributed by atoms with Crippen molar-refractivity contribution in [1.82, 2.24) is 5.06 Å². The first-order chi connectivity index (χ1) is 11.9. The molecule has 1 unspecified atom stereocenters. The number of halogens is 3. The van der Waals surface area contributed by atoms with Crippen LogP contribution in [0.25, 0.3) is 0 Å². The van der Waals surface area contributed by atoms with Gasteiger partial charge in [-0.3, -0.25) is 4.79 Å². The van der Waals surface area contributed by atoms with Gasteiger partial charge in [-0.25, -0.2) is 9.90 Å². The molecule has 2 heterocycles. The fourth-order valence-electron chi connectivity index (χ4n) is 4.29. The number of alkyl halides is 3. The molecule has 3 aliphatic rings. The number of hydroxylamine groups is 2. The van der Waals surface area contributed by atoms with E-state index in [1.807, 2.05) is 0 Å². The molecule has 0 aromatic rings. The number of β-lactam (4-membered cyclic amide) rings is 1. The quantitative estimate of drug-likeness (QED) is 0.648. The molecule has 4 nitrogen and oxygen atoms in total. The molecule has 0 aromatic carbocycles. The van der Waals surface area contributed by atoms with Crippen LogP contribution in [0, 0.1) is 11.8 Å². The van der Waals surface area contributed by atoms with Crippen molar-refractivity contribution < 1.29 is 27.5 Å². The predicted molar refractivity (Wildman–Crippen MR) is 85.3 cm³/mol. The number of hydrogen-bond donors (Lipinski definition) is 0. The molecule has 2 saturated heterocycles. The Kier molecular flexibility index (Phi) is 6.25. The summed E-state index contributed by atoms with van der Waals surface area (Å²) in [6.45, 7) is 0.575. The average Bonchev–Trinajstić information content (AvgIpc) is 2.60. The van der Waals surface area contributed by atoms with Crippen LogP contribution >= 0.6 is 0 Å². The molecule has 0 bridgehead atoms. The van der Waals surface area contributed by atoms with Gasteiger partial charge >= 0.3 is 6.18 Å². The molecule has 0 radical (unpaired) electrons. The highest BCUT2D eigenvalue weighted by molar-refractivity contribution is 5.84. The van der Waals surface area contributed by atoms with Crippen LogP contribution in [-0.4, -0.2) is 36.1 Å². The van der Waals surface area contributed by atoms with Gasteiger partial charge in [0.25, 0.3) is 5.91 Å². The van der Waals surface area contributed by atoms with Crippen LogP contribution in [0.1, 0.15) is 70.6 Å². The largest absolute Gasteiger partial charge is 0.389 e. The number of rotatable bonds is 6. The van der Waals surface area contributed by atoms with E-state index in [0.717, 1.165) is 38.5 Å². The number of hydrogen-bond acceptors (Lipinski definition) is 3. The Bertz CT molecular complexity index is 415. The fourth-order valence-corrected chi connectivity index (χ4v) is 4.29. The monoisotopic (exact) mass is 363 g/mol. The van der Waals surface area contributed by atoms with E-state index in [4.69, 9.17) is 9.57 Å². The van der Waals surface area contributed by atoms with Gasteiger partial charge in [0.05, 0.1) is 12.0 Å². The number of nitrogens with zero attached hydrogens (tertiary/aromatic N) is 1. The number of carbonyl (C=O) groups excluding carboxylic acids is 1. The van der Waals surface area contributed by atoms with Gasteiger partial charge in [-0.05, 0) is 31.6 Å². The lowest BCUT2D eigenvalue weighted by molar-refractivity contribution is -0.321. The first kappa shape index (κ1) is 19.0. The van der Waals surface area contributed by atoms with Crippen molar-refractivity contribution in [3.05, 3.63) is 0 Å². The van der Waals surface area contributed by atoms with Crippen molar-refractivity contribution in [3.8, 4) is 0 Å². The fraction of sp³-hybridized carbons (Fsp3) is 0.944. The molecule has 1 aliphatic carbocycles. The smallest absolute Gasteiger partial charge is 0.350 e. The summed E-state index contributed by atoms with van der Waals surface area (Å²) in [5.74, 6) is -0.0230. The van der Waals surface area contributed by atoms with E-state index in [0.29, 0.717) is 25.4 Å². The van der Waals surface area contributed by atoms with Crippen LogP contribution in [0.4, 0.5) is 13.2 Å². The van der Waals surface area contributed by atoms with Crippen molar-refractivity contribution in [2.24, 2.45) is 11.8 Å². The second kappa shape index (κ2) is 8.25. The molecule has 7 heteroatoms. The van der Waals surface area contributed by atoms with E-state index >= 15 is 0 Å². The lowest BCUT2D eigenvalue weighted by atomic mass is 9.75. The highest BCUT2D eigenvalue weighted by atomic mass is 19.4. The summed E-state index contributed by atoms with van der Waals surface area (Å²) in [6.07, 6.45) is 3.34. The second-order valence-electron chi connectivity index (χ2n) is 7.63. The minimum atomic E-state index is -4.21. The highest BCUT2D eigenvalue weighted by Gasteiger charge is 2.51. The van der Waals surface area contributed by atoms with Gasteiger partial charge in [-0.2, -0.15) is 13.2 Å². The zero-order chi connectivity index (χ0) is 17.9.